The van der Waals surface area contributed by atoms with Crippen LogP contribution in [0.4, 0.5) is 10.1 Å². The van der Waals surface area contributed by atoms with E-state index in [1.54, 1.807) is 12.1 Å². The van der Waals surface area contributed by atoms with Gasteiger partial charge in [0.1, 0.15) is 0 Å². The van der Waals surface area contributed by atoms with Crippen LogP contribution in [0.5, 0.6) is 5.75 Å². The molecule has 4 nitrogen and oxygen atoms in total. The predicted molar refractivity (Wildman–Crippen MR) is 106 cm³/mol. The predicted octanol–water partition coefficient (Wildman–Crippen LogP) is 4.97. The van der Waals surface area contributed by atoms with Crippen molar-refractivity contribution in [3.63, 3.8) is 0 Å². The second-order valence-corrected chi connectivity index (χ2v) is 6.26. The molecule has 0 atom stereocenters. The van der Waals surface area contributed by atoms with E-state index in [0.29, 0.717) is 5.69 Å². The summed E-state index contributed by atoms with van der Waals surface area (Å²) in [5.41, 5.74) is 2.98. The highest BCUT2D eigenvalue weighted by atomic mass is 19.1. The number of ether oxygens (including phenoxy) is 1. The lowest BCUT2D eigenvalue weighted by atomic mass is 10.1. The average molecular weight is 362 g/mol. The monoisotopic (exact) mass is 362 g/mol. The smallest absolute Gasteiger partial charge is 0.262 e. The van der Waals surface area contributed by atoms with Crippen molar-refractivity contribution in [2.24, 2.45) is 0 Å². The summed E-state index contributed by atoms with van der Waals surface area (Å²) < 4.78 is 21.1. The molecular weight excluding hydrogens is 343 g/mol. The van der Waals surface area contributed by atoms with Crippen molar-refractivity contribution < 1.29 is 13.9 Å². The van der Waals surface area contributed by atoms with Crippen molar-refractivity contribution in [3.8, 4) is 5.75 Å². The third kappa shape index (κ3) is 3.24. The fourth-order valence-electron chi connectivity index (χ4n) is 3.37. The number of nitrogens with zero attached hydrogens (tertiary/aromatic N) is 1. The van der Waals surface area contributed by atoms with Gasteiger partial charge in [0, 0.05) is 34.0 Å². The number of carbonyl (C=O) groups is 1. The Morgan fingerprint density at radius 3 is 2.56 bits per heavy atom. The molecule has 0 aliphatic rings. The van der Waals surface area contributed by atoms with Crippen molar-refractivity contribution in [2.45, 2.75) is 13.5 Å². The lowest BCUT2D eigenvalue weighted by Crippen LogP contribution is -2.20. The molecule has 1 aromatic heterocycles. The zero-order valence-electron chi connectivity index (χ0n) is 14.9. The van der Waals surface area contributed by atoms with Crippen LogP contribution in [-0.4, -0.2) is 17.1 Å². The van der Waals surface area contributed by atoms with Crippen LogP contribution in [0.2, 0.25) is 0 Å². The van der Waals surface area contributed by atoms with E-state index in [0.717, 1.165) is 22.8 Å². The number of halogens is 1. The van der Waals surface area contributed by atoms with Gasteiger partial charge in [-0.05, 0) is 43.3 Å². The number of anilines is 1. The fraction of sp³-hybridized carbons (Fsp3) is 0.136. The molecule has 136 valence electrons. The standard InChI is InChI=1S/C22H19FN2O2/c1-2-25-19-9-5-3-7-16(19)17-13-15(11-12-20(17)25)24-22(26)14-27-21-10-6-4-8-18(21)23/h3-13H,2,14H2,1H3,(H,24,26). The van der Waals surface area contributed by atoms with Crippen LogP contribution in [0.25, 0.3) is 21.8 Å². The number of carbonyl (C=O) groups excluding carboxylic acids is 1. The lowest BCUT2D eigenvalue weighted by molar-refractivity contribution is -0.118. The Morgan fingerprint density at radius 2 is 1.74 bits per heavy atom. The Bertz CT molecular complexity index is 1130. The van der Waals surface area contributed by atoms with E-state index in [-0.39, 0.29) is 18.3 Å². The molecule has 3 aromatic carbocycles. The number of hydrogen-bond donors (Lipinski definition) is 1. The molecule has 5 heteroatoms. The van der Waals surface area contributed by atoms with Gasteiger partial charge in [-0.3, -0.25) is 4.79 Å². The first-order valence-corrected chi connectivity index (χ1v) is 8.85. The summed E-state index contributed by atoms with van der Waals surface area (Å²) in [5, 5.41) is 5.05. The topological polar surface area (TPSA) is 43.3 Å². The van der Waals surface area contributed by atoms with Crippen molar-refractivity contribution in [2.75, 3.05) is 11.9 Å². The maximum absolute atomic E-state index is 13.6. The van der Waals surface area contributed by atoms with Crippen molar-refractivity contribution in [3.05, 3.63) is 72.5 Å². The van der Waals surface area contributed by atoms with E-state index in [9.17, 15) is 9.18 Å². The maximum atomic E-state index is 13.6. The summed E-state index contributed by atoms with van der Waals surface area (Å²) in [6.07, 6.45) is 0. The first kappa shape index (κ1) is 17.1. The van der Waals surface area contributed by atoms with Gasteiger partial charge in [0.05, 0.1) is 0 Å². The van der Waals surface area contributed by atoms with Crippen LogP contribution in [0, 0.1) is 5.82 Å². The first-order valence-electron chi connectivity index (χ1n) is 8.85. The number of aromatic nitrogens is 1. The number of hydrogen-bond acceptors (Lipinski definition) is 2. The van der Waals surface area contributed by atoms with Gasteiger partial charge in [0.25, 0.3) is 5.91 Å². The molecule has 0 fully saturated rings. The number of nitrogens with one attached hydrogen (secondary N) is 1. The van der Waals surface area contributed by atoms with Crippen molar-refractivity contribution >= 4 is 33.4 Å². The van der Waals surface area contributed by atoms with Crippen LogP contribution in [0.3, 0.4) is 0 Å². The van der Waals surface area contributed by atoms with E-state index >= 15 is 0 Å². The van der Waals surface area contributed by atoms with Crippen LogP contribution >= 0.6 is 0 Å². The minimum atomic E-state index is -0.487. The molecule has 0 aliphatic carbocycles. The highest BCUT2D eigenvalue weighted by Gasteiger charge is 2.11. The number of fused-ring (bicyclic) bond motifs is 3. The van der Waals surface area contributed by atoms with Crippen molar-refractivity contribution in [1.82, 2.24) is 4.57 Å². The minimum absolute atomic E-state index is 0.0640. The van der Waals surface area contributed by atoms with Crippen LogP contribution in [0.1, 0.15) is 6.92 Å². The van der Waals surface area contributed by atoms with Crippen LogP contribution in [-0.2, 0) is 11.3 Å². The number of rotatable bonds is 5. The zero-order chi connectivity index (χ0) is 18.8. The van der Waals surface area contributed by atoms with E-state index < -0.39 is 5.82 Å². The first-order chi connectivity index (χ1) is 13.2. The molecule has 1 heterocycles. The van der Waals surface area contributed by atoms with Gasteiger partial charge in [-0.25, -0.2) is 4.39 Å². The van der Waals surface area contributed by atoms with Crippen LogP contribution < -0.4 is 10.1 Å². The van der Waals surface area contributed by atoms with E-state index in [4.69, 9.17) is 4.74 Å². The summed E-state index contributed by atoms with van der Waals surface area (Å²) in [7, 11) is 0. The zero-order valence-corrected chi connectivity index (χ0v) is 14.9. The molecule has 0 bridgehead atoms. The lowest BCUT2D eigenvalue weighted by Gasteiger charge is -2.09. The largest absolute Gasteiger partial charge is 0.481 e. The second-order valence-electron chi connectivity index (χ2n) is 6.26. The van der Waals surface area contributed by atoms with E-state index in [1.807, 2.05) is 30.3 Å². The summed E-state index contributed by atoms with van der Waals surface area (Å²) in [4.78, 5) is 12.2. The van der Waals surface area contributed by atoms with Gasteiger partial charge in [-0.15, -0.1) is 0 Å². The molecule has 0 unspecified atom stereocenters. The summed E-state index contributed by atoms with van der Waals surface area (Å²) in [5.74, 6) is -0.759. The normalized spacial score (nSPS) is 11.0. The summed E-state index contributed by atoms with van der Waals surface area (Å²) in [6, 6.07) is 20.1. The number of aryl methyl sites for hydroxylation is 1. The molecule has 0 aliphatic heterocycles. The Balaban J connectivity index is 1.56. The molecule has 0 spiro atoms. The van der Waals surface area contributed by atoms with Gasteiger partial charge >= 0.3 is 0 Å². The Labute approximate surface area is 156 Å². The van der Waals surface area contributed by atoms with Crippen molar-refractivity contribution in [1.29, 1.82) is 0 Å². The molecule has 4 aromatic rings. The average Bonchev–Trinajstić information content (AvgIpc) is 3.00. The Hall–Kier alpha value is -3.34. The highest BCUT2D eigenvalue weighted by Crippen LogP contribution is 2.31. The Morgan fingerprint density at radius 1 is 1.00 bits per heavy atom. The minimum Gasteiger partial charge on any atom is -0.481 e. The van der Waals surface area contributed by atoms with E-state index in [1.165, 1.54) is 17.6 Å². The van der Waals surface area contributed by atoms with Gasteiger partial charge in [-0.1, -0.05) is 30.3 Å². The van der Waals surface area contributed by atoms with Gasteiger partial charge in [0.15, 0.2) is 18.2 Å². The molecule has 0 saturated heterocycles. The summed E-state index contributed by atoms with van der Waals surface area (Å²) >= 11 is 0. The third-order valence-corrected chi connectivity index (χ3v) is 4.57. The second kappa shape index (κ2) is 7.11. The van der Waals surface area contributed by atoms with Gasteiger partial charge in [-0.2, -0.15) is 0 Å². The van der Waals surface area contributed by atoms with Gasteiger partial charge < -0.3 is 14.6 Å². The number of benzene rings is 3. The molecular formula is C22H19FN2O2. The third-order valence-electron chi connectivity index (χ3n) is 4.57. The molecule has 0 saturated carbocycles. The SMILES string of the molecule is CCn1c2ccccc2c2cc(NC(=O)COc3ccccc3F)ccc21. The summed E-state index contributed by atoms with van der Waals surface area (Å²) in [6.45, 7) is 2.73. The molecule has 0 radical (unpaired) electrons. The molecule has 1 amide bonds. The number of para-hydroxylation sites is 2. The Kier molecular flexibility index (Phi) is 4.50. The van der Waals surface area contributed by atoms with Gasteiger partial charge in [0.2, 0.25) is 0 Å². The fourth-order valence-corrected chi connectivity index (χ4v) is 3.37. The maximum Gasteiger partial charge on any atom is 0.262 e. The molecule has 4 rings (SSSR count). The van der Waals surface area contributed by atoms with E-state index in [2.05, 4.69) is 28.9 Å². The molecule has 27 heavy (non-hydrogen) atoms. The quantitative estimate of drug-likeness (QED) is 0.545. The molecule has 1 N–H and O–H groups in total. The number of amides is 1. The highest BCUT2D eigenvalue weighted by molar-refractivity contribution is 6.09. The van der Waals surface area contributed by atoms with Crippen LogP contribution in [0.15, 0.2) is 66.7 Å².